The molecule has 2 heteroatoms. The molecule has 0 radical (unpaired) electrons. The van der Waals surface area contributed by atoms with E-state index in [1.165, 1.54) is 55.4 Å². The number of rotatable bonds is 2. The van der Waals surface area contributed by atoms with Crippen LogP contribution in [0.4, 0.5) is 0 Å². The summed E-state index contributed by atoms with van der Waals surface area (Å²) in [4.78, 5) is 3.00. The molecule has 0 aliphatic heterocycles. The van der Waals surface area contributed by atoms with Gasteiger partial charge in [-0.25, -0.2) is 0 Å². The standard InChI is InChI=1S/C14H19NS/c15-14(10-5-2-1-3-6-10)13-9-11-7-4-8-12(11)16-13/h5,9,14H,1-4,6-8,15H2. The van der Waals surface area contributed by atoms with E-state index in [0.29, 0.717) is 0 Å². The number of fused-ring (bicyclic) bond motifs is 1. The quantitative estimate of drug-likeness (QED) is 0.774. The van der Waals surface area contributed by atoms with Gasteiger partial charge in [0.2, 0.25) is 0 Å². The molecule has 2 aliphatic carbocycles. The predicted molar refractivity (Wildman–Crippen MR) is 69.8 cm³/mol. The third kappa shape index (κ3) is 1.85. The first-order chi connectivity index (χ1) is 7.84. The van der Waals surface area contributed by atoms with E-state index >= 15 is 0 Å². The molecule has 0 spiro atoms. The monoisotopic (exact) mass is 233 g/mol. The SMILES string of the molecule is NC(C1=CCCCC1)c1cc2c(s1)CCC2. The molecular weight excluding hydrogens is 214 g/mol. The lowest BCUT2D eigenvalue weighted by Gasteiger charge is -2.18. The maximum Gasteiger partial charge on any atom is 0.0605 e. The van der Waals surface area contributed by atoms with E-state index in [0.717, 1.165) is 0 Å². The van der Waals surface area contributed by atoms with E-state index in [4.69, 9.17) is 5.73 Å². The van der Waals surface area contributed by atoms with Gasteiger partial charge < -0.3 is 5.73 Å². The van der Waals surface area contributed by atoms with Gasteiger partial charge in [-0.1, -0.05) is 11.6 Å². The second-order valence-electron chi connectivity index (χ2n) is 4.95. The maximum atomic E-state index is 6.37. The van der Waals surface area contributed by atoms with Gasteiger partial charge in [0.1, 0.15) is 0 Å². The lowest BCUT2D eigenvalue weighted by Crippen LogP contribution is -2.13. The molecule has 0 fully saturated rings. The van der Waals surface area contributed by atoms with Crippen molar-refractivity contribution in [3.8, 4) is 0 Å². The van der Waals surface area contributed by atoms with Gasteiger partial charge in [0.25, 0.3) is 0 Å². The molecule has 2 N–H and O–H groups in total. The molecule has 0 amide bonds. The van der Waals surface area contributed by atoms with Crippen LogP contribution in [0, 0.1) is 0 Å². The molecule has 1 heterocycles. The fourth-order valence-corrected chi connectivity index (χ4v) is 4.14. The fraction of sp³-hybridized carbons (Fsp3) is 0.571. The Morgan fingerprint density at radius 1 is 1.12 bits per heavy atom. The minimum absolute atomic E-state index is 0.191. The van der Waals surface area contributed by atoms with Crippen LogP contribution < -0.4 is 5.73 Å². The van der Waals surface area contributed by atoms with E-state index in [-0.39, 0.29) is 6.04 Å². The molecule has 1 unspecified atom stereocenters. The normalized spacial score (nSPS) is 21.7. The van der Waals surface area contributed by atoms with Crippen molar-refractivity contribution >= 4 is 11.3 Å². The molecule has 0 saturated heterocycles. The first-order valence-corrected chi connectivity index (χ1v) is 7.22. The molecule has 1 nitrogen and oxygen atoms in total. The van der Waals surface area contributed by atoms with Crippen molar-refractivity contribution in [2.45, 2.75) is 51.0 Å². The molecule has 1 atom stereocenters. The van der Waals surface area contributed by atoms with Crippen molar-refractivity contribution in [2.75, 3.05) is 0 Å². The lowest BCUT2D eigenvalue weighted by atomic mass is 9.93. The van der Waals surface area contributed by atoms with Crippen LogP contribution in [-0.4, -0.2) is 0 Å². The zero-order valence-electron chi connectivity index (χ0n) is 9.67. The summed E-state index contributed by atoms with van der Waals surface area (Å²) in [5.41, 5.74) is 9.43. The van der Waals surface area contributed by atoms with Gasteiger partial charge in [-0.2, -0.15) is 0 Å². The van der Waals surface area contributed by atoms with Gasteiger partial charge in [-0.3, -0.25) is 0 Å². The minimum atomic E-state index is 0.191. The van der Waals surface area contributed by atoms with Gasteiger partial charge >= 0.3 is 0 Å². The van der Waals surface area contributed by atoms with Crippen molar-refractivity contribution in [2.24, 2.45) is 5.73 Å². The molecule has 2 aliphatic rings. The summed E-state index contributed by atoms with van der Waals surface area (Å²) in [6.07, 6.45) is 11.4. The number of nitrogens with two attached hydrogens (primary N) is 1. The number of aryl methyl sites for hydroxylation is 2. The molecule has 1 aromatic rings. The smallest absolute Gasteiger partial charge is 0.0605 e. The van der Waals surface area contributed by atoms with Gasteiger partial charge in [0.05, 0.1) is 6.04 Å². The zero-order chi connectivity index (χ0) is 11.0. The van der Waals surface area contributed by atoms with Crippen LogP contribution in [0.3, 0.4) is 0 Å². The average molecular weight is 233 g/mol. The van der Waals surface area contributed by atoms with Crippen molar-refractivity contribution < 1.29 is 0 Å². The number of allylic oxidation sites excluding steroid dienone is 1. The van der Waals surface area contributed by atoms with Crippen LogP contribution >= 0.6 is 11.3 Å². The van der Waals surface area contributed by atoms with Crippen LogP contribution in [-0.2, 0) is 12.8 Å². The molecule has 0 saturated carbocycles. The molecule has 3 rings (SSSR count). The molecule has 16 heavy (non-hydrogen) atoms. The van der Waals surface area contributed by atoms with Crippen LogP contribution in [0.15, 0.2) is 17.7 Å². The summed E-state index contributed by atoms with van der Waals surface area (Å²) in [6, 6.07) is 2.56. The van der Waals surface area contributed by atoms with Crippen molar-refractivity contribution in [3.63, 3.8) is 0 Å². The Morgan fingerprint density at radius 2 is 2.06 bits per heavy atom. The number of hydrogen-bond donors (Lipinski definition) is 1. The van der Waals surface area contributed by atoms with Crippen LogP contribution in [0.25, 0.3) is 0 Å². The van der Waals surface area contributed by atoms with E-state index in [1.807, 2.05) is 11.3 Å². The van der Waals surface area contributed by atoms with Crippen LogP contribution in [0.2, 0.25) is 0 Å². The van der Waals surface area contributed by atoms with Crippen molar-refractivity contribution in [1.29, 1.82) is 0 Å². The number of thiophene rings is 1. The van der Waals surface area contributed by atoms with E-state index in [2.05, 4.69) is 12.1 Å². The Hall–Kier alpha value is -0.600. The summed E-state index contributed by atoms with van der Waals surface area (Å²) in [7, 11) is 0. The third-order valence-electron chi connectivity index (χ3n) is 3.80. The topological polar surface area (TPSA) is 26.0 Å². The van der Waals surface area contributed by atoms with Crippen molar-refractivity contribution in [1.82, 2.24) is 0 Å². The Balaban J connectivity index is 1.83. The Labute approximate surface area is 101 Å². The summed E-state index contributed by atoms with van der Waals surface area (Å²) < 4.78 is 0. The van der Waals surface area contributed by atoms with E-state index in [9.17, 15) is 0 Å². The number of hydrogen-bond acceptors (Lipinski definition) is 2. The Bertz CT molecular complexity index is 395. The fourth-order valence-electron chi connectivity index (χ4n) is 2.83. The third-order valence-corrected chi connectivity index (χ3v) is 5.12. The predicted octanol–water partition coefficient (Wildman–Crippen LogP) is 3.74. The van der Waals surface area contributed by atoms with Gasteiger partial charge in [0.15, 0.2) is 0 Å². The molecular formula is C14H19NS. The maximum absolute atomic E-state index is 6.37. The van der Waals surface area contributed by atoms with Gasteiger partial charge in [-0.15, -0.1) is 11.3 Å². The first kappa shape index (κ1) is 10.5. The molecule has 1 aromatic heterocycles. The van der Waals surface area contributed by atoms with E-state index in [1.54, 1.807) is 10.4 Å². The summed E-state index contributed by atoms with van der Waals surface area (Å²) in [5.74, 6) is 0. The molecule has 0 bridgehead atoms. The van der Waals surface area contributed by atoms with Crippen LogP contribution in [0.1, 0.15) is 53.5 Å². The highest BCUT2D eigenvalue weighted by Gasteiger charge is 2.20. The average Bonchev–Trinajstić information content (AvgIpc) is 2.89. The minimum Gasteiger partial charge on any atom is -0.320 e. The molecule has 0 aromatic carbocycles. The Morgan fingerprint density at radius 3 is 2.81 bits per heavy atom. The largest absolute Gasteiger partial charge is 0.320 e. The summed E-state index contributed by atoms with van der Waals surface area (Å²) in [5, 5.41) is 0. The lowest BCUT2D eigenvalue weighted by molar-refractivity contribution is 0.652. The van der Waals surface area contributed by atoms with E-state index < -0.39 is 0 Å². The second kappa shape index (κ2) is 4.34. The Kier molecular flexibility index (Phi) is 2.86. The summed E-state index contributed by atoms with van der Waals surface area (Å²) >= 11 is 1.96. The summed E-state index contributed by atoms with van der Waals surface area (Å²) in [6.45, 7) is 0. The second-order valence-corrected chi connectivity index (χ2v) is 6.12. The highest BCUT2D eigenvalue weighted by Crippen LogP contribution is 2.37. The molecule has 86 valence electrons. The van der Waals surface area contributed by atoms with Gasteiger partial charge in [-0.05, 0) is 56.6 Å². The highest BCUT2D eigenvalue weighted by atomic mass is 32.1. The zero-order valence-corrected chi connectivity index (χ0v) is 10.5. The van der Waals surface area contributed by atoms with Gasteiger partial charge in [0, 0.05) is 9.75 Å². The first-order valence-electron chi connectivity index (χ1n) is 6.40. The highest BCUT2D eigenvalue weighted by molar-refractivity contribution is 7.12. The van der Waals surface area contributed by atoms with Crippen LogP contribution in [0.5, 0.6) is 0 Å². The van der Waals surface area contributed by atoms with Crippen molar-refractivity contribution in [3.05, 3.63) is 33.0 Å².